The second-order valence-electron chi connectivity index (χ2n) is 5.96. The molecule has 0 radical (unpaired) electrons. The van der Waals surface area contributed by atoms with Crippen LogP contribution in [0.1, 0.15) is 49.9 Å². The van der Waals surface area contributed by atoms with Gasteiger partial charge >= 0.3 is 0 Å². The first-order valence-corrected chi connectivity index (χ1v) is 8.14. The number of hydrogen-bond acceptors (Lipinski definition) is 2. The van der Waals surface area contributed by atoms with E-state index in [0.717, 1.165) is 18.7 Å². The number of para-hydroxylation sites is 1. The summed E-state index contributed by atoms with van der Waals surface area (Å²) in [6.45, 7) is 9.42. The van der Waals surface area contributed by atoms with Gasteiger partial charge in [0.15, 0.2) is 0 Å². The van der Waals surface area contributed by atoms with Gasteiger partial charge in [-0.15, -0.1) is 0 Å². The van der Waals surface area contributed by atoms with Crippen molar-refractivity contribution in [3.05, 3.63) is 65.2 Å². The molecule has 0 saturated carbocycles. The molecule has 2 atom stereocenters. The molecule has 2 aromatic carbocycles. The van der Waals surface area contributed by atoms with Crippen LogP contribution in [0.4, 0.5) is 0 Å². The smallest absolute Gasteiger partial charge is 0.124 e. The molecule has 2 rings (SSSR count). The Balaban J connectivity index is 2.02. The van der Waals surface area contributed by atoms with Gasteiger partial charge in [-0.3, -0.25) is 0 Å². The second kappa shape index (κ2) is 8.00. The minimum absolute atomic E-state index is 0.241. The van der Waals surface area contributed by atoms with Crippen LogP contribution in [0.3, 0.4) is 0 Å². The Bertz CT molecular complexity index is 577. The lowest BCUT2D eigenvalue weighted by atomic mass is 10.1. The summed E-state index contributed by atoms with van der Waals surface area (Å²) in [5.74, 6) is 0.987. The lowest BCUT2D eigenvalue weighted by Gasteiger charge is -2.21. The summed E-state index contributed by atoms with van der Waals surface area (Å²) in [5, 5.41) is 3.59. The van der Waals surface area contributed by atoms with Crippen LogP contribution in [0.2, 0.25) is 0 Å². The van der Waals surface area contributed by atoms with E-state index in [0.29, 0.717) is 0 Å². The number of ether oxygens (including phenoxy) is 1. The van der Waals surface area contributed by atoms with Gasteiger partial charge in [0, 0.05) is 18.2 Å². The van der Waals surface area contributed by atoms with E-state index < -0.39 is 0 Å². The standard InChI is InChI=1S/C20H27NO/c1-5-16(3)22-20-9-7-6-8-19(20)17(4)21-14-18-12-10-15(2)11-13-18/h6-13,16-17,21H,5,14H2,1-4H3. The summed E-state index contributed by atoms with van der Waals surface area (Å²) in [4.78, 5) is 0. The predicted octanol–water partition coefficient (Wildman–Crippen LogP) is 5.02. The fourth-order valence-corrected chi connectivity index (χ4v) is 2.33. The van der Waals surface area contributed by atoms with Gasteiger partial charge in [0.25, 0.3) is 0 Å². The van der Waals surface area contributed by atoms with Gasteiger partial charge in [0.1, 0.15) is 5.75 Å². The van der Waals surface area contributed by atoms with E-state index in [1.807, 2.05) is 6.07 Å². The highest BCUT2D eigenvalue weighted by molar-refractivity contribution is 5.36. The fourth-order valence-electron chi connectivity index (χ4n) is 2.33. The summed E-state index contributed by atoms with van der Waals surface area (Å²) >= 11 is 0. The molecule has 0 aliphatic carbocycles. The number of rotatable bonds is 7. The molecule has 0 bridgehead atoms. The highest BCUT2D eigenvalue weighted by atomic mass is 16.5. The summed E-state index contributed by atoms with van der Waals surface area (Å²) in [6, 6.07) is 17.2. The van der Waals surface area contributed by atoms with E-state index in [9.17, 15) is 0 Å². The first-order valence-electron chi connectivity index (χ1n) is 8.14. The van der Waals surface area contributed by atoms with Gasteiger partial charge < -0.3 is 10.1 Å². The average Bonchev–Trinajstić information content (AvgIpc) is 2.54. The van der Waals surface area contributed by atoms with Gasteiger partial charge in [-0.25, -0.2) is 0 Å². The van der Waals surface area contributed by atoms with Crippen molar-refractivity contribution >= 4 is 0 Å². The molecule has 2 unspecified atom stereocenters. The molecule has 0 amide bonds. The van der Waals surface area contributed by atoms with Crippen LogP contribution in [0.25, 0.3) is 0 Å². The van der Waals surface area contributed by atoms with Crippen molar-refractivity contribution < 1.29 is 4.74 Å². The van der Waals surface area contributed by atoms with Crippen LogP contribution >= 0.6 is 0 Å². The van der Waals surface area contributed by atoms with Crippen LogP contribution < -0.4 is 10.1 Å². The van der Waals surface area contributed by atoms with Crippen molar-refractivity contribution in [3.63, 3.8) is 0 Å². The molecule has 2 nitrogen and oxygen atoms in total. The molecule has 118 valence electrons. The molecule has 22 heavy (non-hydrogen) atoms. The maximum Gasteiger partial charge on any atom is 0.124 e. The normalized spacial score (nSPS) is 13.6. The molecule has 0 spiro atoms. The van der Waals surface area contributed by atoms with Crippen molar-refractivity contribution in [2.24, 2.45) is 0 Å². The molecule has 0 aromatic heterocycles. The molecule has 0 aliphatic heterocycles. The maximum absolute atomic E-state index is 6.04. The zero-order valence-electron chi connectivity index (χ0n) is 14.1. The number of benzene rings is 2. The summed E-state index contributed by atoms with van der Waals surface area (Å²) in [7, 11) is 0. The number of hydrogen-bond donors (Lipinski definition) is 1. The van der Waals surface area contributed by atoms with Gasteiger partial charge in [-0.1, -0.05) is 55.0 Å². The van der Waals surface area contributed by atoms with Crippen LogP contribution in [-0.2, 0) is 6.54 Å². The zero-order valence-corrected chi connectivity index (χ0v) is 14.1. The monoisotopic (exact) mass is 297 g/mol. The maximum atomic E-state index is 6.04. The van der Waals surface area contributed by atoms with E-state index in [4.69, 9.17) is 4.74 Å². The van der Waals surface area contributed by atoms with Crippen molar-refractivity contribution in [3.8, 4) is 5.75 Å². The largest absolute Gasteiger partial charge is 0.490 e. The van der Waals surface area contributed by atoms with Crippen LogP contribution in [0.5, 0.6) is 5.75 Å². The third-order valence-electron chi connectivity index (χ3n) is 4.02. The van der Waals surface area contributed by atoms with E-state index in [2.05, 4.69) is 75.5 Å². The zero-order chi connectivity index (χ0) is 15.9. The third kappa shape index (κ3) is 4.60. The van der Waals surface area contributed by atoms with Gasteiger partial charge in [-0.2, -0.15) is 0 Å². The van der Waals surface area contributed by atoms with Crippen LogP contribution in [0.15, 0.2) is 48.5 Å². The Morgan fingerprint density at radius 2 is 1.68 bits per heavy atom. The lowest BCUT2D eigenvalue weighted by Crippen LogP contribution is -2.20. The van der Waals surface area contributed by atoms with Gasteiger partial charge in [0.05, 0.1) is 6.10 Å². The van der Waals surface area contributed by atoms with E-state index in [1.165, 1.54) is 16.7 Å². The highest BCUT2D eigenvalue weighted by Crippen LogP contribution is 2.26. The lowest BCUT2D eigenvalue weighted by molar-refractivity contribution is 0.213. The van der Waals surface area contributed by atoms with E-state index >= 15 is 0 Å². The highest BCUT2D eigenvalue weighted by Gasteiger charge is 2.12. The Kier molecular flexibility index (Phi) is 6.02. The summed E-state index contributed by atoms with van der Waals surface area (Å²) in [6.07, 6.45) is 1.25. The fraction of sp³-hybridized carbons (Fsp3) is 0.400. The molecule has 2 heteroatoms. The van der Waals surface area contributed by atoms with Crippen molar-refractivity contribution in [2.75, 3.05) is 0 Å². The molecule has 0 fully saturated rings. The quantitative estimate of drug-likeness (QED) is 0.774. The SMILES string of the molecule is CCC(C)Oc1ccccc1C(C)NCc1ccc(C)cc1. The minimum Gasteiger partial charge on any atom is -0.490 e. The Morgan fingerprint density at radius 1 is 1.00 bits per heavy atom. The topological polar surface area (TPSA) is 21.3 Å². The molecule has 0 aliphatic rings. The first-order chi connectivity index (χ1) is 10.6. The average molecular weight is 297 g/mol. The molecule has 2 aromatic rings. The second-order valence-corrected chi connectivity index (χ2v) is 5.96. The van der Waals surface area contributed by atoms with E-state index in [-0.39, 0.29) is 12.1 Å². The molecule has 1 N–H and O–H groups in total. The Hall–Kier alpha value is -1.80. The minimum atomic E-state index is 0.241. The Labute approximate surface area is 134 Å². The van der Waals surface area contributed by atoms with Crippen molar-refractivity contribution in [2.45, 2.75) is 52.8 Å². The van der Waals surface area contributed by atoms with Gasteiger partial charge in [0.2, 0.25) is 0 Å². The van der Waals surface area contributed by atoms with E-state index in [1.54, 1.807) is 0 Å². The Morgan fingerprint density at radius 3 is 2.36 bits per heavy atom. The van der Waals surface area contributed by atoms with Gasteiger partial charge in [-0.05, 0) is 38.8 Å². The van der Waals surface area contributed by atoms with Crippen LogP contribution in [-0.4, -0.2) is 6.10 Å². The molecular weight excluding hydrogens is 270 g/mol. The summed E-state index contributed by atoms with van der Waals surface area (Å²) < 4.78 is 6.04. The number of nitrogens with one attached hydrogen (secondary N) is 1. The predicted molar refractivity (Wildman–Crippen MR) is 93.3 cm³/mol. The molecule has 0 saturated heterocycles. The molecular formula is C20H27NO. The van der Waals surface area contributed by atoms with Crippen molar-refractivity contribution in [1.82, 2.24) is 5.32 Å². The number of aryl methyl sites for hydroxylation is 1. The molecule has 0 heterocycles. The summed E-state index contributed by atoms with van der Waals surface area (Å²) in [5.41, 5.74) is 3.82. The first kappa shape index (κ1) is 16.6. The van der Waals surface area contributed by atoms with Crippen LogP contribution in [0, 0.1) is 6.92 Å². The van der Waals surface area contributed by atoms with Crippen molar-refractivity contribution in [1.29, 1.82) is 0 Å². The third-order valence-corrected chi connectivity index (χ3v) is 4.02.